The molecule has 0 aromatic heterocycles. The highest BCUT2D eigenvalue weighted by atomic mass is 35.5. The standard InChI is InChI=1S/C32H30Cl2N2O5/c1-40-19-15-16-24(25(18-19)41-2)35-26(37)14-4-3-9-17-36-29(38)27-28(30(36)39)32(34)21-11-6-5-10-20(21)31(27,33)22-12-7-8-13-23(22)32/h5-8,10-13,15-16,18,27-28H,3-4,9,14,17H2,1-2H3,(H,35,37)/t27-,28-,31?,32?/m1/s1. The number of halogens is 2. The molecule has 7 rings (SSSR count). The van der Waals surface area contributed by atoms with Crippen LogP contribution in [0, 0.1) is 11.8 Å². The average molecular weight is 594 g/mol. The van der Waals surface area contributed by atoms with Gasteiger partial charge in [-0.1, -0.05) is 55.0 Å². The van der Waals surface area contributed by atoms with Crippen molar-refractivity contribution in [1.29, 1.82) is 0 Å². The number of amides is 3. The van der Waals surface area contributed by atoms with Crippen molar-refractivity contribution in [3.8, 4) is 11.5 Å². The average Bonchev–Trinajstić information content (AvgIpc) is 3.26. The van der Waals surface area contributed by atoms with Crippen molar-refractivity contribution in [2.24, 2.45) is 11.8 Å². The van der Waals surface area contributed by atoms with E-state index < -0.39 is 21.6 Å². The number of benzene rings is 3. The Kier molecular flexibility index (Phi) is 6.99. The number of imide groups is 1. The second kappa shape index (κ2) is 10.4. The van der Waals surface area contributed by atoms with Gasteiger partial charge in [-0.25, -0.2) is 0 Å². The summed E-state index contributed by atoms with van der Waals surface area (Å²) in [5, 5.41) is 2.87. The number of ether oxygens (including phenoxy) is 2. The number of carbonyl (C=O) groups excluding carboxylic acids is 3. The first-order chi connectivity index (χ1) is 19.8. The van der Waals surface area contributed by atoms with E-state index >= 15 is 0 Å². The van der Waals surface area contributed by atoms with E-state index in [4.69, 9.17) is 32.7 Å². The summed E-state index contributed by atoms with van der Waals surface area (Å²) < 4.78 is 10.5. The van der Waals surface area contributed by atoms with Crippen LogP contribution < -0.4 is 14.8 Å². The summed E-state index contributed by atoms with van der Waals surface area (Å²) in [7, 11) is 3.09. The fourth-order valence-electron chi connectivity index (χ4n) is 6.79. The third kappa shape index (κ3) is 4.04. The molecule has 3 aromatic rings. The van der Waals surface area contributed by atoms with Crippen LogP contribution in [0.3, 0.4) is 0 Å². The maximum absolute atomic E-state index is 13.9. The third-order valence-corrected chi connectivity index (χ3v) is 9.93. The van der Waals surface area contributed by atoms with Crippen LogP contribution in [0.1, 0.15) is 47.9 Å². The maximum atomic E-state index is 13.9. The van der Waals surface area contributed by atoms with E-state index in [0.717, 1.165) is 22.3 Å². The molecule has 212 valence electrons. The highest BCUT2D eigenvalue weighted by Gasteiger charge is 2.72. The molecule has 2 atom stereocenters. The van der Waals surface area contributed by atoms with Crippen LogP contribution in [0.4, 0.5) is 5.69 Å². The predicted octanol–water partition coefficient (Wildman–Crippen LogP) is 5.80. The number of hydrogen-bond acceptors (Lipinski definition) is 5. The highest BCUT2D eigenvalue weighted by Crippen LogP contribution is 2.69. The molecule has 3 amide bonds. The summed E-state index contributed by atoms with van der Waals surface area (Å²) >= 11 is 14.9. The number of rotatable bonds is 9. The number of alkyl halides is 2. The quantitative estimate of drug-likeness (QED) is 0.193. The molecule has 0 spiro atoms. The predicted molar refractivity (Wildman–Crippen MR) is 156 cm³/mol. The van der Waals surface area contributed by atoms with Gasteiger partial charge in [0.2, 0.25) is 17.7 Å². The summed E-state index contributed by atoms with van der Waals surface area (Å²) in [6.45, 7) is 0.255. The van der Waals surface area contributed by atoms with Crippen LogP contribution in [-0.4, -0.2) is 43.4 Å². The number of hydrogen-bond donors (Lipinski definition) is 1. The number of carbonyl (C=O) groups is 3. The van der Waals surface area contributed by atoms with Gasteiger partial charge >= 0.3 is 0 Å². The Bertz CT molecular complexity index is 1440. The minimum absolute atomic E-state index is 0.145. The summed E-state index contributed by atoms with van der Waals surface area (Å²) in [5.41, 5.74) is 3.73. The minimum atomic E-state index is -1.17. The van der Waals surface area contributed by atoms with Gasteiger partial charge in [0.05, 0.1) is 31.7 Å². The second-order valence-electron chi connectivity index (χ2n) is 10.7. The van der Waals surface area contributed by atoms with Gasteiger partial charge in [-0.05, 0) is 47.2 Å². The summed E-state index contributed by atoms with van der Waals surface area (Å²) in [6, 6.07) is 20.4. The van der Waals surface area contributed by atoms with Crippen molar-refractivity contribution < 1.29 is 23.9 Å². The van der Waals surface area contributed by atoms with Crippen LogP contribution in [0.15, 0.2) is 66.7 Å². The molecular formula is C32H30Cl2N2O5. The largest absolute Gasteiger partial charge is 0.497 e. The van der Waals surface area contributed by atoms with Crippen LogP contribution >= 0.6 is 23.2 Å². The third-order valence-electron chi connectivity index (χ3n) is 8.64. The SMILES string of the molecule is COc1ccc(NC(=O)CCCCCN2C(=O)[C@H]3[C@H](C2=O)C2(Cl)c4ccccc4C3(Cl)c3ccccc32)c(OC)c1. The molecule has 1 aliphatic heterocycles. The summed E-state index contributed by atoms with van der Waals surface area (Å²) in [5.74, 6) is -1.15. The van der Waals surface area contributed by atoms with E-state index in [-0.39, 0.29) is 24.3 Å². The molecule has 9 heteroatoms. The van der Waals surface area contributed by atoms with Gasteiger partial charge in [0.15, 0.2) is 0 Å². The lowest BCUT2D eigenvalue weighted by Gasteiger charge is -2.54. The number of unbranched alkanes of at least 4 members (excludes halogenated alkanes) is 2. The van der Waals surface area contributed by atoms with Crippen molar-refractivity contribution in [2.75, 3.05) is 26.1 Å². The first-order valence-corrected chi connectivity index (χ1v) is 14.5. The lowest BCUT2D eigenvalue weighted by Crippen LogP contribution is -2.57. The van der Waals surface area contributed by atoms with Crippen molar-refractivity contribution in [1.82, 2.24) is 4.90 Å². The summed E-state index contributed by atoms with van der Waals surface area (Å²) in [4.78, 5) is 39.3. The van der Waals surface area contributed by atoms with Gasteiger partial charge in [-0.2, -0.15) is 0 Å². The normalized spacial score (nSPS) is 25.4. The van der Waals surface area contributed by atoms with Crippen LogP contribution in [0.25, 0.3) is 0 Å². The van der Waals surface area contributed by atoms with Gasteiger partial charge in [0.1, 0.15) is 21.2 Å². The Balaban J connectivity index is 1.13. The molecule has 1 fully saturated rings. The van der Waals surface area contributed by atoms with E-state index in [1.165, 1.54) is 12.0 Å². The Morgan fingerprint density at radius 3 is 1.83 bits per heavy atom. The Morgan fingerprint density at radius 1 is 0.805 bits per heavy atom. The Morgan fingerprint density at radius 2 is 1.34 bits per heavy atom. The zero-order chi connectivity index (χ0) is 28.9. The van der Waals surface area contributed by atoms with E-state index in [2.05, 4.69) is 5.32 Å². The zero-order valence-electron chi connectivity index (χ0n) is 22.8. The van der Waals surface area contributed by atoms with Crippen LogP contribution in [0.5, 0.6) is 11.5 Å². The zero-order valence-corrected chi connectivity index (χ0v) is 24.3. The molecule has 1 N–H and O–H groups in total. The van der Waals surface area contributed by atoms with E-state index in [1.807, 2.05) is 48.5 Å². The highest BCUT2D eigenvalue weighted by molar-refractivity contribution is 6.36. The molecule has 0 radical (unpaired) electrons. The first kappa shape index (κ1) is 27.6. The summed E-state index contributed by atoms with van der Waals surface area (Å²) in [6.07, 6.45) is 2.13. The maximum Gasteiger partial charge on any atom is 0.235 e. The first-order valence-electron chi connectivity index (χ1n) is 13.7. The van der Waals surface area contributed by atoms with Crippen molar-refractivity contribution >= 4 is 46.6 Å². The fraction of sp³-hybridized carbons (Fsp3) is 0.344. The van der Waals surface area contributed by atoms with E-state index in [1.54, 1.807) is 25.3 Å². The molecular weight excluding hydrogens is 563 g/mol. The van der Waals surface area contributed by atoms with Gasteiger partial charge in [-0.3, -0.25) is 19.3 Å². The lowest BCUT2D eigenvalue weighted by atomic mass is 9.54. The Hall–Kier alpha value is -3.55. The van der Waals surface area contributed by atoms with Crippen molar-refractivity contribution in [3.05, 3.63) is 89.0 Å². The van der Waals surface area contributed by atoms with Gasteiger partial charge in [-0.15, -0.1) is 23.2 Å². The molecule has 1 heterocycles. The van der Waals surface area contributed by atoms with Crippen LogP contribution in [-0.2, 0) is 24.1 Å². The minimum Gasteiger partial charge on any atom is -0.497 e. The molecule has 3 aliphatic carbocycles. The van der Waals surface area contributed by atoms with Crippen LogP contribution in [0.2, 0.25) is 0 Å². The number of nitrogens with zero attached hydrogens (tertiary/aromatic N) is 1. The van der Waals surface area contributed by atoms with E-state index in [9.17, 15) is 14.4 Å². The molecule has 0 unspecified atom stereocenters. The number of nitrogens with one attached hydrogen (secondary N) is 1. The molecule has 2 bridgehead atoms. The van der Waals surface area contributed by atoms with Gasteiger partial charge in [0.25, 0.3) is 0 Å². The van der Waals surface area contributed by atoms with Gasteiger partial charge < -0.3 is 14.8 Å². The number of anilines is 1. The lowest BCUT2D eigenvalue weighted by molar-refractivity contribution is -0.140. The number of likely N-dealkylation sites (tertiary alicyclic amines) is 1. The van der Waals surface area contributed by atoms with Crippen molar-refractivity contribution in [3.63, 3.8) is 0 Å². The van der Waals surface area contributed by atoms with E-state index in [0.29, 0.717) is 42.9 Å². The fourth-order valence-corrected chi connectivity index (χ4v) is 7.89. The molecule has 3 aromatic carbocycles. The van der Waals surface area contributed by atoms with Crippen molar-refractivity contribution in [2.45, 2.75) is 35.4 Å². The molecule has 41 heavy (non-hydrogen) atoms. The molecule has 1 saturated heterocycles. The topological polar surface area (TPSA) is 84.9 Å². The van der Waals surface area contributed by atoms with Gasteiger partial charge in [0, 0.05) is 19.0 Å². The number of methoxy groups -OCH3 is 2. The molecule has 7 nitrogen and oxygen atoms in total. The molecule has 0 saturated carbocycles. The Labute approximate surface area is 248 Å². The molecule has 4 aliphatic rings. The monoisotopic (exact) mass is 592 g/mol. The smallest absolute Gasteiger partial charge is 0.235 e. The second-order valence-corrected chi connectivity index (χ2v) is 11.9.